The van der Waals surface area contributed by atoms with Gasteiger partial charge in [-0.1, -0.05) is 37.6 Å². The summed E-state index contributed by atoms with van der Waals surface area (Å²) in [4.78, 5) is 12.8. The highest BCUT2D eigenvalue weighted by molar-refractivity contribution is 6.30. The minimum atomic E-state index is -0.680. The molecule has 0 N–H and O–H groups in total. The van der Waals surface area contributed by atoms with Crippen LogP contribution in [0.3, 0.4) is 0 Å². The van der Waals surface area contributed by atoms with Crippen molar-refractivity contribution in [3.63, 3.8) is 0 Å². The molecule has 1 fully saturated rings. The number of Topliss-reactive ketones (excluding diaryl/α,β-unsaturated/α-hetero) is 1. The summed E-state index contributed by atoms with van der Waals surface area (Å²) in [6, 6.07) is 9.76. The van der Waals surface area contributed by atoms with E-state index in [9.17, 15) is 9.18 Å². The quantitative estimate of drug-likeness (QED) is 0.596. The van der Waals surface area contributed by atoms with Gasteiger partial charge in [0.15, 0.2) is 11.6 Å². The van der Waals surface area contributed by atoms with E-state index in [4.69, 9.17) is 16.3 Å². The first kappa shape index (κ1) is 20.3. The minimum Gasteiger partial charge on any atom is -0.490 e. The van der Waals surface area contributed by atoms with Gasteiger partial charge in [0, 0.05) is 34.3 Å². The summed E-state index contributed by atoms with van der Waals surface area (Å²) in [6.45, 7) is 4.39. The molecular weight excluding hydrogens is 394 g/mol. The number of carbonyl (C=O) groups excluding carboxylic acids is 1. The molecule has 29 heavy (non-hydrogen) atoms. The van der Waals surface area contributed by atoms with Gasteiger partial charge in [0.25, 0.3) is 0 Å². The van der Waals surface area contributed by atoms with Gasteiger partial charge in [-0.25, -0.2) is 8.78 Å². The van der Waals surface area contributed by atoms with Crippen molar-refractivity contribution in [2.75, 3.05) is 6.61 Å². The number of hydrogen-bond acceptors (Lipinski definition) is 2. The lowest BCUT2D eigenvalue weighted by molar-refractivity contribution is -0.132. The summed E-state index contributed by atoms with van der Waals surface area (Å²) in [7, 11) is 0. The van der Waals surface area contributed by atoms with Crippen LogP contribution in [0.25, 0.3) is 0 Å². The normalized spacial score (nSPS) is 26.1. The van der Waals surface area contributed by atoms with E-state index >= 15 is 4.39 Å². The van der Waals surface area contributed by atoms with E-state index in [-0.39, 0.29) is 30.0 Å². The van der Waals surface area contributed by atoms with Crippen LogP contribution < -0.4 is 4.74 Å². The zero-order valence-corrected chi connectivity index (χ0v) is 17.4. The molecule has 0 unspecified atom stereocenters. The maximum absolute atomic E-state index is 15.2. The lowest BCUT2D eigenvalue weighted by Crippen LogP contribution is -2.53. The number of fused-ring (bicyclic) bond motifs is 3. The van der Waals surface area contributed by atoms with Crippen LogP contribution in [0.2, 0.25) is 5.02 Å². The van der Waals surface area contributed by atoms with Crippen molar-refractivity contribution < 1.29 is 18.3 Å². The number of rotatable bonds is 4. The summed E-state index contributed by atoms with van der Waals surface area (Å²) in [5.41, 5.74) is 0.611. The molecule has 1 aliphatic carbocycles. The highest BCUT2D eigenvalue weighted by Crippen LogP contribution is 2.55. The third-order valence-electron chi connectivity index (χ3n) is 6.55. The molecule has 2 aromatic carbocycles. The standard InChI is InChI=1S/C24H25ClF2O2/c1-14(2)11-17-18-13-29-23-20(27)8-7-19(26)22(23)24(18,10-9-21(17)28)12-15-3-5-16(25)6-4-15/h3-8,14,17-18H,9-13H2,1-2H3/t17-,18-,24-/m0/s1. The van der Waals surface area contributed by atoms with Gasteiger partial charge >= 0.3 is 0 Å². The van der Waals surface area contributed by atoms with Gasteiger partial charge in [0.1, 0.15) is 11.6 Å². The van der Waals surface area contributed by atoms with Crippen LogP contribution in [0, 0.1) is 29.4 Å². The second-order valence-corrected chi connectivity index (χ2v) is 9.25. The molecule has 1 aliphatic heterocycles. The molecule has 4 rings (SSSR count). The molecule has 0 aromatic heterocycles. The van der Waals surface area contributed by atoms with Crippen LogP contribution in [0.5, 0.6) is 5.75 Å². The highest BCUT2D eigenvalue weighted by atomic mass is 35.5. The molecule has 2 aromatic rings. The fourth-order valence-corrected chi connectivity index (χ4v) is 5.43. The first-order valence-corrected chi connectivity index (χ1v) is 10.6. The predicted octanol–water partition coefficient (Wildman–Crippen LogP) is 6.13. The second-order valence-electron chi connectivity index (χ2n) is 8.81. The van der Waals surface area contributed by atoms with Gasteiger partial charge in [0.05, 0.1) is 6.61 Å². The Morgan fingerprint density at radius 1 is 1.14 bits per heavy atom. The third kappa shape index (κ3) is 3.56. The highest BCUT2D eigenvalue weighted by Gasteiger charge is 2.55. The minimum absolute atomic E-state index is 0.00728. The first-order valence-electron chi connectivity index (χ1n) is 10.2. The van der Waals surface area contributed by atoms with E-state index in [0.29, 0.717) is 35.8 Å². The SMILES string of the molecule is CC(C)C[C@@H]1C(=O)CC[C@@]2(Cc3ccc(Cl)cc3)c3c(F)ccc(F)c3OC[C@@H]12. The molecule has 2 nitrogen and oxygen atoms in total. The Morgan fingerprint density at radius 3 is 2.52 bits per heavy atom. The van der Waals surface area contributed by atoms with Crippen molar-refractivity contribution in [1.29, 1.82) is 0 Å². The van der Waals surface area contributed by atoms with Gasteiger partial charge in [-0.3, -0.25) is 4.79 Å². The van der Waals surface area contributed by atoms with Gasteiger partial charge in [-0.15, -0.1) is 0 Å². The molecule has 0 saturated heterocycles. The third-order valence-corrected chi connectivity index (χ3v) is 6.80. The maximum Gasteiger partial charge on any atom is 0.165 e. The lowest BCUT2D eigenvalue weighted by Gasteiger charge is -2.51. The number of hydrogen-bond donors (Lipinski definition) is 0. The molecule has 2 aliphatic rings. The first-order chi connectivity index (χ1) is 13.8. The fraction of sp³-hybridized carbons (Fsp3) is 0.458. The average Bonchev–Trinajstić information content (AvgIpc) is 2.68. The Balaban J connectivity index is 1.88. The van der Waals surface area contributed by atoms with E-state index in [2.05, 4.69) is 13.8 Å². The molecule has 1 saturated carbocycles. The molecule has 5 heteroatoms. The smallest absolute Gasteiger partial charge is 0.165 e. The van der Waals surface area contributed by atoms with Crippen molar-refractivity contribution in [3.8, 4) is 5.75 Å². The van der Waals surface area contributed by atoms with E-state index in [1.165, 1.54) is 6.07 Å². The fourth-order valence-electron chi connectivity index (χ4n) is 5.30. The number of halogens is 3. The summed E-state index contributed by atoms with van der Waals surface area (Å²) in [5.74, 6) is -0.871. The monoisotopic (exact) mass is 418 g/mol. The van der Waals surface area contributed by atoms with Gasteiger partial charge in [-0.2, -0.15) is 0 Å². The van der Waals surface area contributed by atoms with Gasteiger partial charge in [-0.05, 0) is 55.0 Å². The molecular formula is C24H25ClF2O2. The molecule has 0 bridgehead atoms. The lowest BCUT2D eigenvalue weighted by atomic mass is 9.54. The van der Waals surface area contributed by atoms with E-state index < -0.39 is 17.0 Å². The van der Waals surface area contributed by atoms with Crippen LogP contribution in [0.4, 0.5) is 8.78 Å². The van der Waals surface area contributed by atoms with Gasteiger partial charge < -0.3 is 4.74 Å². The number of benzene rings is 2. The average molecular weight is 419 g/mol. The Labute approximate surface area is 175 Å². The van der Waals surface area contributed by atoms with E-state index in [1.54, 1.807) is 0 Å². The largest absolute Gasteiger partial charge is 0.490 e. The molecule has 154 valence electrons. The van der Waals surface area contributed by atoms with E-state index in [0.717, 1.165) is 18.1 Å². The maximum atomic E-state index is 15.2. The van der Waals surface area contributed by atoms with Crippen molar-refractivity contribution in [3.05, 3.63) is 64.2 Å². The van der Waals surface area contributed by atoms with Crippen molar-refractivity contribution in [2.45, 2.75) is 44.9 Å². The zero-order chi connectivity index (χ0) is 20.8. The molecule has 1 heterocycles. The number of ether oxygens (including phenoxy) is 1. The molecule has 0 amide bonds. The van der Waals surface area contributed by atoms with Gasteiger partial charge in [0.2, 0.25) is 0 Å². The van der Waals surface area contributed by atoms with Crippen LogP contribution in [-0.4, -0.2) is 12.4 Å². The van der Waals surface area contributed by atoms with Crippen LogP contribution in [-0.2, 0) is 16.6 Å². The van der Waals surface area contributed by atoms with Crippen LogP contribution in [0.15, 0.2) is 36.4 Å². The predicted molar refractivity (Wildman–Crippen MR) is 109 cm³/mol. The Bertz CT molecular complexity index is 925. The topological polar surface area (TPSA) is 26.3 Å². The molecule has 3 atom stereocenters. The zero-order valence-electron chi connectivity index (χ0n) is 16.7. The second kappa shape index (κ2) is 7.71. The molecule has 0 radical (unpaired) electrons. The summed E-state index contributed by atoms with van der Waals surface area (Å²) in [5, 5.41) is 0.629. The Kier molecular flexibility index (Phi) is 5.41. The van der Waals surface area contributed by atoms with Crippen molar-refractivity contribution in [1.82, 2.24) is 0 Å². The summed E-state index contributed by atoms with van der Waals surface area (Å²) in [6.07, 6.45) is 2.11. The van der Waals surface area contributed by atoms with Crippen LogP contribution in [0.1, 0.15) is 44.2 Å². The summed E-state index contributed by atoms with van der Waals surface area (Å²) < 4.78 is 35.5. The Morgan fingerprint density at radius 2 is 1.83 bits per heavy atom. The summed E-state index contributed by atoms with van der Waals surface area (Å²) >= 11 is 6.04. The van der Waals surface area contributed by atoms with Crippen molar-refractivity contribution in [2.24, 2.45) is 17.8 Å². The Hall–Kier alpha value is -1.94. The van der Waals surface area contributed by atoms with E-state index in [1.807, 2.05) is 24.3 Å². The molecule has 0 spiro atoms. The van der Waals surface area contributed by atoms with Crippen molar-refractivity contribution >= 4 is 17.4 Å². The number of ketones is 1. The van der Waals surface area contributed by atoms with Crippen LogP contribution >= 0.6 is 11.6 Å². The number of carbonyl (C=O) groups is 1.